The lowest BCUT2D eigenvalue weighted by molar-refractivity contribution is -0.0241. The molecule has 0 aromatic carbocycles. The number of nitrogens with zero attached hydrogens (tertiary/aromatic N) is 2. The zero-order valence-corrected chi connectivity index (χ0v) is 13.3. The second-order valence-corrected chi connectivity index (χ2v) is 7.57. The molecule has 0 radical (unpaired) electrons. The van der Waals surface area contributed by atoms with Crippen LogP contribution in [0.15, 0.2) is 17.2 Å². The quantitative estimate of drug-likeness (QED) is 0.895. The van der Waals surface area contributed by atoms with E-state index in [1.807, 2.05) is 0 Å². The van der Waals surface area contributed by atoms with Gasteiger partial charge in [0, 0.05) is 19.3 Å². The maximum Gasteiger partial charge on any atom is 0.352 e. The Morgan fingerprint density at radius 1 is 1.45 bits per heavy atom. The van der Waals surface area contributed by atoms with Gasteiger partial charge in [0.15, 0.2) is 0 Å². The maximum atomic E-state index is 12.9. The maximum absolute atomic E-state index is 12.9. The summed E-state index contributed by atoms with van der Waals surface area (Å²) in [6.07, 6.45) is 4.02. The highest BCUT2D eigenvalue weighted by Gasteiger charge is 2.42. The molecule has 3 rings (SSSR count). The van der Waals surface area contributed by atoms with Gasteiger partial charge in [-0.15, -0.1) is 0 Å². The van der Waals surface area contributed by atoms with E-state index in [1.165, 1.54) is 21.1 Å². The van der Waals surface area contributed by atoms with E-state index in [4.69, 9.17) is 4.74 Å². The van der Waals surface area contributed by atoms with Crippen molar-refractivity contribution in [1.29, 1.82) is 0 Å². The Bertz CT molecular complexity index is 681. The Morgan fingerprint density at radius 3 is 2.86 bits per heavy atom. The van der Waals surface area contributed by atoms with E-state index in [0.717, 1.165) is 19.3 Å². The molecule has 22 heavy (non-hydrogen) atoms. The van der Waals surface area contributed by atoms with Crippen molar-refractivity contribution in [3.05, 3.63) is 18.0 Å². The second-order valence-electron chi connectivity index (χ2n) is 5.68. The zero-order chi connectivity index (χ0) is 15.9. The van der Waals surface area contributed by atoms with Crippen LogP contribution in [0.25, 0.3) is 0 Å². The average molecular weight is 328 g/mol. The van der Waals surface area contributed by atoms with Crippen molar-refractivity contribution in [2.45, 2.75) is 49.8 Å². The van der Waals surface area contributed by atoms with Gasteiger partial charge in [0.05, 0.1) is 18.8 Å². The molecule has 0 amide bonds. The number of fused-ring (bicyclic) bond motifs is 1. The van der Waals surface area contributed by atoms with E-state index in [9.17, 15) is 18.3 Å². The van der Waals surface area contributed by atoms with Crippen LogP contribution in [-0.4, -0.2) is 53.7 Å². The van der Waals surface area contributed by atoms with E-state index >= 15 is 0 Å². The number of morpholine rings is 1. The minimum atomic E-state index is -3.69. The standard InChI is InChI=1S/C14H20N2O5S/c1-2-15-9-10(8-12(15)14(17)18)22(19,20)16-6-7-21-13-5-3-4-11(13)16/h8-9,11,13H,2-7H2,1H3,(H,17,18)/t11-,13+/m1/s1. The molecule has 1 aromatic rings. The van der Waals surface area contributed by atoms with Crippen LogP contribution in [0.5, 0.6) is 0 Å². The van der Waals surface area contributed by atoms with Crippen LogP contribution >= 0.6 is 0 Å². The average Bonchev–Trinajstić information content (AvgIpc) is 3.13. The molecule has 1 aliphatic carbocycles. The van der Waals surface area contributed by atoms with E-state index in [-0.39, 0.29) is 22.7 Å². The van der Waals surface area contributed by atoms with E-state index in [1.54, 1.807) is 6.92 Å². The third kappa shape index (κ3) is 2.45. The van der Waals surface area contributed by atoms with E-state index in [2.05, 4.69) is 0 Å². The summed E-state index contributed by atoms with van der Waals surface area (Å²) in [5.74, 6) is -1.12. The molecular formula is C14H20N2O5S. The summed E-state index contributed by atoms with van der Waals surface area (Å²) >= 11 is 0. The van der Waals surface area contributed by atoms with Gasteiger partial charge in [-0.25, -0.2) is 13.2 Å². The molecule has 122 valence electrons. The molecule has 2 fully saturated rings. The predicted molar refractivity (Wildman–Crippen MR) is 78.3 cm³/mol. The first-order valence-electron chi connectivity index (χ1n) is 7.52. The minimum absolute atomic E-state index is 0.00249. The second kappa shape index (κ2) is 5.68. The molecule has 0 unspecified atom stereocenters. The summed E-state index contributed by atoms with van der Waals surface area (Å²) < 4.78 is 34.4. The van der Waals surface area contributed by atoms with Crippen LogP contribution in [0, 0.1) is 0 Å². The fourth-order valence-electron chi connectivity index (χ4n) is 3.39. The Balaban J connectivity index is 1.97. The van der Waals surface area contributed by atoms with Gasteiger partial charge in [-0.1, -0.05) is 0 Å². The molecule has 1 saturated heterocycles. The molecule has 1 saturated carbocycles. The van der Waals surface area contributed by atoms with Gasteiger partial charge in [0.1, 0.15) is 10.6 Å². The highest BCUT2D eigenvalue weighted by atomic mass is 32.2. The number of carboxylic acid groups (broad SMARTS) is 1. The van der Waals surface area contributed by atoms with Crippen molar-refractivity contribution in [3.63, 3.8) is 0 Å². The third-order valence-corrected chi connectivity index (χ3v) is 6.36. The Kier molecular flexibility index (Phi) is 4.00. The lowest BCUT2D eigenvalue weighted by atomic mass is 10.2. The van der Waals surface area contributed by atoms with Crippen molar-refractivity contribution in [2.24, 2.45) is 0 Å². The SMILES string of the molecule is CCn1cc(S(=O)(=O)N2CCO[C@H]3CCC[C@H]32)cc1C(=O)O. The number of carboxylic acids is 1. The highest BCUT2D eigenvalue weighted by Crippen LogP contribution is 2.33. The number of hydrogen-bond donors (Lipinski definition) is 1. The zero-order valence-electron chi connectivity index (χ0n) is 12.4. The molecule has 1 aromatic heterocycles. The van der Waals surface area contributed by atoms with Gasteiger partial charge in [0.2, 0.25) is 10.0 Å². The summed E-state index contributed by atoms with van der Waals surface area (Å²) in [6, 6.07) is 1.12. The number of carbonyl (C=O) groups is 1. The molecule has 2 heterocycles. The molecule has 1 N–H and O–H groups in total. The van der Waals surface area contributed by atoms with Gasteiger partial charge in [-0.2, -0.15) is 4.31 Å². The number of aromatic nitrogens is 1. The minimum Gasteiger partial charge on any atom is -0.477 e. The monoisotopic (exact) mass is 328 g/mol. The predicted octanol–water partition coefficient (Wildman–Crippen LogP) is 1.15. The van der Waals surface area contributed by atoms with Gasteiger partial charge >= 0.3 is 5.97 Å². The topological polar surface area (TPSA) is 88.8 Å². The molecule has 0 bridgehead atoms. The first-order valence-corrected chi connectivity index (χ1v) is 8.96. The largest absolute Gasteiger partial charge is 0.477 e. The van der Waals surface area contributed by atoms with Gasteiger partial charge in [-0.3, -0.25) is 0 Å². The fourth-order valence-corrected chi connectivity index (χ4v) is 5.09. The summed E-state index contributed by atoms with van der Waals surface area (Å²) in [4.78, 5) is 11.3. The molecular weight excluding hydrogens is 308 g/mol. The molecule has 2 atom stereocenters. The molecule has 2 aliphatic rings. The van der Waals surface area contributed by atoms with Crippen molar-refractivity contribution < 1.29 is 23.1 Å². The third-order valence-electron chi connectivity index (χ3n) is 4.47. The summed E-state index contributed by atoms with van der Waals surface area (Å²) in [7, 11) is -3.69. The molecule has 0 spiro atoms. The number of hydrogen-bond acceptors (Lipinski definition) is 4. The molecule has 7 nitrogen and oxygen atoms in total. The van der Waals surface area contributed by atoms with Crippen LogP contribution < -0.4 is 0 Å². The van der Waals surface area contributed by atoms with Gasteiger partial charge in [0.25, 0.3) is 0 Å². The number of sulfonamides is 1. The summed E-state index contributed by atoms with van der Waals surface area (Å²) in [5.41, 5.74) is -0.00249. The normalized spacial score (nSPS) is 26.0. The van der Waals surface area contributed by atoms with Gasteiger partial charge < -0.3 is 14.4 Å². The van der Waals surface area contributed by atoms with Gasteiger partial charge in [-0.05, 0) is 32.3 Å². The smallest absolute Gasteiger partial charge is 0.352 e. The van der Waals surface area contributed by atoms with Crippen LogP contribution in [0.2, 0.25) is 0 Å². The number of aryl methyl sites for hydroxylation is 1. The fraction of sp³-hybridized carbons (Fsp3) is 0.643. The lowest BCUT2D eigenvalue weighted by Gasteiger charge is -2.36. The first kappa shape index (κ1) is 15.5. The van der Waals surface area contributed by atoms with Crippen LogP contribution in [-0.2, 0) is 21.3 Å². The highest BCUT2D eigenvalue weighted by molar-refractivity contribution is 7.89. The Morgan fingerprint density at radius 2 is 2.23 bits per heavy atom. The summed E-state index contributed by atoms with van der Waals surface area (Å²) in [5, 5.41) is 9.19. The molecule has 1 aliphatic heterocycles. The van der Waals surface area contributed by atoms with E-state index < -0.39 is 16.0 Å². The number of aromatic carboxylic acids is 1. The Labute approximate surface area is 129 Å². The summed E-state index contributed by atoms with van der Waals surface area (Å²) in [6.45, 7) is 2.90. The Hall–Kier alpha value is -1.38. The van der Waals surface area contributed by atoms with Crippen molar-refractivity contribution >= 4 is 16.0 Å². The van der Waals surface area contributed by atoms with Crippen molar-refractivity contribution in [1.82, 2.24) is 8.87 Å². The lowest BCUT2D eigenvalue weighted by Crippen LogP contribution is -2.51. The van der Waals surface area contributed by atoms with E-state index in [0.29, 0.717) is 19.7 Å². The van der Waals surface area contributed by atoms with Crippen molar-refractivity contribution in [2.75, 3.05) is 13.2 Å². The van der Waals surface area contributed by atoms with Crippen LogP contribution in [0.3, 0.4) is 0 Å². The van der Waals surface area contributed by atoms with Crippen molar-refractivity contribution in [3.8, 4) is 0 Å². The number of ether oxygens (including phenoxy) is 1. The van der Waals surface area contributed by atoms with Crippen LogP contribution in [0.4, 0.5) is 0 Å². The number of rotatable bonds is 4. The van der Waals surface area contributed by atoms with Crippen LogP contribution in [0.1, 0.15) is 36.7 Å². The first-order chi connectivity index (χ1) is 10.4. The molecule has 8 heteroatoms.